The highest BCUT2D eigenvalue weighted by Crippen LogP contribution is 2.07. The number of carbonyl (C=O) groups is 4. The molecule has 0 aliphatic rings. The first kappa shape index (κ1) is 24.4. The number of hydrogen-bond acceptors (Lipinski definition) is 9. The maximum Gasteiger partial charge on any atom is 0.344 e. The van der Waals surface area contributed by atoms with Gasteiger partial charge in [-0.25, -0.2) is 19.2 Å². The summed E-state index contributed by atoms with van der Waals surface area (Å²) in [5.74, 6) is -2.62. The molecule has 0 heterocycles. The van der Waals surface area contributed by atoms with E-state index in [-0.39, 0.29) is 18.8 Å². The van der Waals surface area contributed by atoms with E-state index in [1.807, 2.05) is 6.92 Å². The van der Waals surface area contributed by atoms with Crippen LogP contribution in [0.4, 0.5) is 5.69 Å². The van der Waals surface area contributed by atoms with Gasteiger partial charge in [0.15, 0.2) is 13.2 Å². The van der Waals surface area contributed by atoms with Crippen LogP contribution in [0.5, 0.6) is 0 Å². The molecular weight excluding hydrogens is 418 g/mol. The van der Waals surface area contributed by atoms with Gasteiger partial charge >= 0.3 is 23.9 Å². The minimum Gasteiger partial charge on any atom is -0.463 e. The van der Waals surface area contributed by atoms with E-state index in [9.17, 15) is 19.2 Å². The Morgan fingerprint density at radius 1 is 0.656 bits per heavy atom. The lowest BCUT2D eigenvalue weighted by atomic mass is 10.1. The molecule has 0 radical (unpaired) electrons. The van der Waals surface area contributed by atoms with E-state index >= 15 is 0 Å². The van der Waals surface area contributed by atoms with E-state index in [1.54, 1.807) is 36.4 Å². The number of esters is 4. The molecule has 0 aliphatic heterocycles. The van der Waals surface area contributed by atoms with E-state index < -0.39 is 37.1 Å². The summed E-state index contributed by atoms with van der Waals surface area (Å²) in [4.78, 5) is 46.8. The lowest BCUT2D eigenvalue weighted by Gasteiger charge is -2.08. The van der Waals surface area contributed by atoms with Crippen molar-refractivity contribution in [1.82, 2.24) is 0 Å². The molecule has 9 heteroatoms. The van der Waals surface area contributed by atoms with Crippen LogP contribution in [0.25, 0.3) is 0 Å². The molecule has 0 fully saturated rings. The van der Waals surface area contributed by atoms with Crippen molar-refractivity contribution in [2.24, 2.45) is 0 Å². The molecule has 2 aromatic rings. The van der Waals surface area contributed by atoms with E-state index in [2.05, 4.69) is 0 Å². The smallest absolute Gasteiger partial charge is 0.344 e. The van der Waals surface area contributed by atoms with Crippen LogP contribution in [-0.2, 0) is 28.5 Å². The quantitative estimate of drug-likeness (QED) is 0.241. The molecule has 32 heavy (non-hydrogen) atoms. The Hall–Kier alpha value is -3.88. The van der Waals surface area contributed by atoms with Crippen LogP contribution in [0.2, 0.25) is 0 Å². The second kappa shape index (κ2) is 12.7. The number of carbonyl (C=O) groups excluding carboxylic acids is 4. The fraction of sp³-hybridized carbons (Fsp3) is 0.304. The van der Waals surface area contributed by atoms with Crippen molar-refractivity contribution in [2.75, 3.05) is 32.2 Å². The summed E-state index contributed by atoms with van der Waals surface area (Å²) in [5.41, 5.74) is 7.68. The first-order chi connectivity index (χ1) is 15.3. The van der Waals surface area contributed by atoms with Gasteiger partial charge in [-0.1, -0.05) is 17.7 Å². The van der Waals surface area contributed by atoms with Crippen molar-refractivity contribution in [3.05, 3.63) is 65.2 Å². The summed E-state index contributed by atoms with van der Waals surface area (Å²) in [5, 5.41) is 0. The van der Waals surface area contributed by atoms with E-state index in [0.29, 0.717) is 24.1 Å². The molecule has 0 bridgehead atoms. The van der Waals surface area contributed by atoms with Crippen LogP contribution in [0.3, 0.4) is 0 Å². The van der Waals surface area contributed by atoms with Crippen molar-refractivity contribution in [3.63, 3.8) is 0 Å². The molecular formula is C23H25NO8. The maximum atomic E-state index is 11.8. The number of rotatable bonds is 11. The van der Waals surface area contributed by atoms with Crippen molar-refractivity contribution >= 4 is 29.6 Å². The van der Waals surface area contributed by atoms with Crippen molar-refractivity contribution in [2.45, 2.75) is 19.8 Å². The third-order valence-electron chi connectivity index (χ3n) is 4.14. The highest BCUT2D eigenvalue weighted by molar-refractivity contribution is 5.91. The zero-order valence-corrected chi connectivity index (χ0v) is 17.7. The van der Waals surface area contributed by atoms with Crippen LogP contribution in [0.15, 0.2) is 48.5 Å². The molecule has 0 spiro atoms. The van der Waals surface area contributed by atoms with Gasteiger partial charge in [-0.15, -0.1) is 0 Å². The average Bonchev–Trinajstić information content (AvgIpc) is 2.79. The van der Waals surface area contributed by atoms with Gasteiger partial charge in [-0.2, -0.15) is 0 Å². The molecule has 2 N–H and O–H groups in total. The van der Waals surface area contributed by atoms with Crippen LogP contribution in [0.1, 0.15) is 39.1 Å². The van der Waals surface area contributed by atoms with Gasteiger partial charge in [-0.05, 0) is 56.2 Å². The lowest BCUT2D eigenvalue weighted by Crippen LogP contribution is -2.18. The molecule has 2 rings (SSSR count). The summed E-state index contributed by atoms with van der Waals surface area (Å²) < 4.78 is 19.7. The highest BCUT2D eigenvalue weighted by atomic mass is 16.6. The van der Waals surface area contributed by atoms with E-state index in [4.69, 9.17) is 24.7 Å². The van der Waals surface area contributed by atoms with Gasteiger partial charge in [0.05, 0.1) is 24.3 Å². The topological polar surface area (TPSA) is 131 Å². The number of hydrogen-bond donors (Lipinski definition) is 1. The average molecular weight is 443 g/mol. The van der Waals surface area contributed by atoms with Crippen molar-refractivity contribution in [1.29, 1.82) is 0 Å². The summed E-state index contributed by atoms with van der Waals surface area (Å²) in [6, 6.07) is 12.9. The first-order valence-corrected chi connectivity index (χ1v) is 9.93. The summed E-state index contributed by atoms with van der Waals surface area (Å²) >= 11 is 0. The number of benzene rings is 2. The third kappa shape index (κ3) is 8.86. The normalized spacial score (nSPS) is 10.2. The zero-order valence-electron chi connectivity index (χ0n) is 17.7. The monoisotopic (exact) mass is 443 g/mol. The van der Waals surface area contributed by atoms with Gasteiger partial charge in [0.25, 0.3) is 0 Å². The van der Waals surface area contributed by atoms with Crippen molar-refractivity contribution < 1.29 is 38.1 Å². The SMILES string of the molecule is Cc1ccc(C(=O)OCC(=O)OCCCCOC(=O)COC(=O)c2ccc(N)cc2)cc1. The van der Waals surface area contributed by atoms with Crippen LogP contribution in [-0.4, -0.2) is 50.3 Å². The number of anilines is 1. The molecule has 0 aliphatic carbocycles. The molecule has 0 atom stereocenters. The van der Waals surface area contributed by atoms with Crippen LogP contribution < -0.4 is 5.73 Å². The Morgan fingerprint density at radius 2 is 1.06 bits per heavy atom. The van der Waals surface area contributed by atoms with Gasteiger partial charge in [0, 0.05) is 5.69 Å². The molecule has 0 amide bonds. The summed E-state index contributed by atoms with van der Waals surface area (Å²) in [7, 11) is 0. The number of nitrogens with two attached hydrogens (primary N) is 1. The Kier molecular flexibility index (Phi) is 9.70. The largest absolute Gasteiger partial charge is 0.463 e. The van der Waals surface area contributed by atoms with E-state index in [0.717, 1.165) is 5.56 Å². The fourth-order valence-corrected chi connectivity index (χ4v) is 2.38. The Morgan fingerprint density at radius 3 is 1.50 bits per heavy atom. The summed E-state index contributed by atoms with van der Waals surface area (Å²) in [6.45, 7) is 1.07. The van der Waals surface area contributed by atoms with Gasteiger partial charge in [0.1, 0.15) is 0 Å². The van der Waals surface area contributed by atoms with Gasteiger partial charge in [0.2, 0.25) is 0 Å². The molecule has 0 saturated carbocycles. The predicted molar refractivity (Wildman–Crippen MR) is 114 cm³/mol. The van der Waals surface area contributed by atoms with Crippen LogP contribution in [0, 0.1) is 6.92 Å². The Bertz CT molecular complexity index is 845. The second-order valence-corrected chi connectivity index (χ2v) is 6.79. The minimum absolute atomic E-state index is 0.0816. The minimum atomic E-state index is -0.686. The third-order valence-corrected chi connectivity index (χ3v) is 4.14. The molecule has 0 unspecified atom stereocenters. The first-order valence-electron chi connectivity index (χ1n) is 9.93. The number of nitrogen functional groups attached to an aromatic ring is 1. The second-order valence-electron chi connectivity index (χ2n) is 6.79. The lowest BCUT2D eigenvalue weighted by molar-refractivity contribution is -0.149. The Balaban J connectivity index is 1.50. The molecule has 170 valence electrons. The van der Waals surface area contributed by atoms with Gasteiger partial charge in [-0.3, -0.25) is 0 Å². The molecule has 9 nitrogen and oxygen atoms in total. The molecule has 2 aromatic carbocycles. The number of unbranched alkanes of at least 4 members (excludes halogenated alkanes) is 1. The molecule has 0 aromatic heterocycles. The van der Waals surface area contributed by atoms with Crippen molar-refractivity contribution in [3.8, 4) is 0 Å². The Labute approximate surface area is 185 Å². The molecule has 0 saturated heterocycles. The fourth-order valence-electron chi connectivity index (χ4n) is 2.38. The highest BCUT2D eigenvalue weighted by Gasteiger charge is 2.12. The van der Waals surface area contributed by atoms with Crippen LogP contribution >= 0.6 is 0 Å². The predicted octanol–water partition coefficient (Wildman–Crippen LogP) is 2.46. The summed E-state index contributed by atoms with van der Waals surface area (Å²) in [6.07, 6.45) is 0.879. The standard InChI is InChI=1S/C23H25NO8/c1-16-4-6-17(7-5-16)22(27)31-14-20(25)29-12-2-3-13-30-21(26)15-32-23(28)18-8-10-19(24)11-9-18/h4-11H,2-3,12-15,24H2,1H3. The van der Waals surface area contributed by atoms with E-state index in [1.165, 1.54) is 12.1 Å². The number of ether oxygens (including phenoxy) is 4. The zero-order chi connectivity index (χ0) is 23.3. The maximum absolute atomic E-state index is 11.8. The van der Waals surface area contributed by atoms with Gasteiger partial charge < -0.3 is 24.7 Å². The number of aryl methyl sites for hydroxylation is 1.